The maximum absolute atomic E-state index is 4.84. The zero-order chi connectivity index (χ0) is 19.5. The van der Waals surface area contributed by atoms with E-state index in [1.54, 1.807) is 0 Å². The molecule has 5 heterocycles. The molecule has 0 saturated heterocycles. The molecule has 0 radical (unpaired) electrons. The van der Waals surface area contributed by atoms with Crippen molar-refractivity contribution in [2.75, 3.05) is 0 Å². The molecule has 0 saturated carbocycles. The normalized spacial score (nSPS) is 24.1. The smallest absolute Gasteiger partial charge is 0.660 e. The fraction of sp³-hybridized carbons (Fsp3) is 0.261. The zero-order valence-electron chi connectivity index (χ0n) is 16.7. The predicted octanol–water partition coefficient (Wildman–Crippen LogP) is 4.04. The molecule has 3 aliphatic rings. The van der Waals surface area contributed by atoms with Crippen LogP contribution in [0.15, 0.2) is 62.9 Å². The van der Waals surface area contributed by atoms with Gasteiger partial charge in [-0.25, -0.2) is 9.98 Å². The van der Waals surface area contributed by atoms with E-state index in [0.29, 0.717) is 5.82 Å². The molecule has 0 unspecified atom stereocenters. The first-order valence-corrected chi connectivity index (χ1v) is 9.45. The molecule has 8 bridgehead atoms. The van der Waals surface area contributed by atoms with E-state index in [4.69, 9.17) is 20.0 Å². The molecule has 5 rings (SSSR count). The predicted molar refractivity (Wildman–Crippen MR) is 114 cm³/mol. The van der Waals surface area contributed by atoms with Gasteiger partial charge in [0, 0.05) is 16.5 Å². The molecule has 0 fully saturated rings. The van der Waals surface area contributed by atoms with Crippen molar-refractivity contribution in [3.63, 3.8) is 0 Å². The summed E-state index contributed by atoms with van der Waals surface area (Å²) < 4.78 is 0. The zero-order valence-corrected chi connectivity index (χ0v) is 19.0. The Hall–Kier alpha value is -2.52. The Morgan fingerprint density at radius 3 is 2.03 bits per heavy atom. The van der Waals surface area contributed by atoms with Crippen LogP contribution in [0.5, 0.6) is 0 Å². The van der Waals surface area contributed by atoms with Crippen molar-refractivity contribution in [3.8, 4) is 0 Å². The van der Waals surface area contributed by atoms with E-state index >= 15 is 0 Å². The summed E-state index contributed by atoms with van der Waals surface area (Å²) in [5, 5.41) is 0. The van der Waals surface area contributed by atoms with E-state index < -0.39 is 0 Å². The van der Waals surface area contributed by atoms with Gasteiger partial charge >= 0.3 is 21.1 Å². The number of nitrogens with zero attached hydrogens (tertiary/aromatic N) is 5. The molecular formula is C23H21N5Pt. The number of aromatic nitrogens is 2. The maximum Gasteiger partial charge on any atom is 2.00 e. The van der Waals surface area contributed by atoms with Gasteiger partial charge in [-0.3, -0.25) is 4.99 Å². The number of hydrogen-bond acceptors (Lipinski definition) is 3. The molecule has 6 heteroatoms. The number of rotatable bonds is 0. The summed E-state index contributed by atoms with van der Waals surface area (Å²) in [6.45, 7) is 8.53. The van der Waals surface area contributed by atoms with Crippen LogP contribution in [0.4, 0.5) is 0 Å². The molecular weight excluding hydrogens is 541 g/mol. The van der Waals surface area contributed by atoms with E-state index in [0.717, 1.165) is 39.9 Å². The van der Waals surface area contributed by atoms with Gasteiger partial charge in [0.05, 0.1) is 17.6 Å². The Labute approximate surface area is 184 Å². The summed E-state index contributed by atoms with van der Waals surface area (Å²) in [6.07, 6.45) is 9.89. The monoisotopic (exact) mass is 562 g/mol. The minimum absolute atomic E-state index is 0. The third kappa shape index (κ3) is 3.28. The van der Waals surface area contributed by atoms with E-state index in [9.17, 15) is 0 Å². The number of hydrogen-bond donors (Lipinski definition) is 0. The van der Waals surface area contributed by atoms with Crippen molar-refractivity contribution in [1.82, 2.24) is 9.97 Å². The Bertz CT molecular complexity index is 1070. The van der Waals surface area contributed by atoms with Crippen molar-refractivity contribution < 1.29 is 21.1 Å². The topological polar surface area (TPSA) is 65.3 Å². The van der Waals surface area contributed by atoms with Crippen LogP contribution in [-0.4, -0.2) is 17.6 Å². The largest absolute Gasteiger partial charge is 2.00 e. The van der Waals surface area contributed by atoms with Crippen molar-refractivity contribution >= 4 is 29.8 Å². The second kappa shape index (κ2) is 6.77. The van der Waals surface area contributed by atoms with Crippen LogP contribution < -0.4 is 9.97 Å². The maximum atomic E-state index is 4.84. The summed E-state index contributed by atoms with van der Waals surface area (Å²) >= 11 is 0. The molecule has 0 aliphatic carbocycles. The van der Waals surface area contributed by atoms with E-state index in [1.165, 1.54) is 0 Å². The van der Waals surface area contributed by atoms with Gasteiger partial charge in [0.1, 0.15) is 0 Å². The van der Waals surface area contributed by atoms with Gasteiger partial charge in [0.15, 0.2) is 5.82 Å². The number of aliphatic imine (C=N–C) groups is 3. The summed E-state index contributed by atoms with van der Waals surface area (Å²) in [7, 11) is 0. The van der Waals surface area contributed by atoms with E-state index in [-0.39, 0.29) is 31.9 Å². The molecule has 29 heavy (non-hydrogen) atoms. The summed E-state index contributed by atoms with van der Waals surface area (Å²) in [6, 6.07) is 8.15. The van der Waals surface area contributed by atoms with Crippen LogP contribution >= 0.6 is 0 Å². The molecule has 0 N–H and O–H groups in total. The molecule has 0 aromatic carbocycles. The number of fused-ring (bicyclic) bond motifs is 6. The molecule has 3 aliphatic heterocycles. The minimum Gasteiger partial charge on any atom is -0.660 e. The first-order chi connectivity index (χ1) is 13.3. The van der Waals surface area contributed by atoms with Crippen LogP contribution in [0, 0.1) is 0 Å². The van der Waals surface area contributed by atoms with Crippen molar-refractivity contribution in [1.29, 1.82) is 0 Å². The third-order valence-corrected chi connectivity index (χ3v) is 5.67. The van der Waals surface area contributed by atoms with Gasteiger partial charge in [-0.05, 0) is 18.2 Å². The van der Waals surface area contributed by atoms with Crippen LogP contribution in [0.3, 0.4) is 0 Å². The van der Waals surface area contributed by atoms with Gasteiger partial charge in [-0.1, -0.05) is 58.0 Å². The molecule has 0 amide bonds. The molecule has 2 aromatic heterocycles. The summed E-state index contributed by atoms with van der Waals surface area (Å²) in [4.78, 5) is 23.7. The minimum atomic E-state index is -0.334. The molecule has 0 spiro atoms. The van der Waals surface area contributed by atoms with Gasteiger partial charge in [0.25, 0.3) is 0 Å². The quantitative estimate of drug-likeness (QED) is 0.487. The molecule has 148 valence electrons. The standard InChI is InChI=1S/C23H21N5.Pt/c1-22(2)17-8-5-14(25-17)11-15-6-9-19(26-15)23(3,4)20-13-24-21(28-20)12-16-7-10-18(22)27-16;/h5-13H,1-4H3;/q-2;+2/b14-11-,21-12-;. The van der Waals surface area contributed by atoms with Crippen molar-refractivity contribution in [2.45, 2.75) is 38.5 Å². The Morgan fingerprint density at radius 2 is 1.34 bits per heavy atom. The van der Waals surface area contributed by atoms with Gasteiger partial charge in [0.2, 0.25) is 0 Å². The summed E-state index contributed by atoms with van der Waals surface area (Å²) in [5.41, 5.74) is 5.89. The van der Waals surface area contributed by atoms with E-state index in [1.807, 2.05) is 36.6 Å². The van der Waals surface area contributed by atoms with Crippen LogP contribution in [0.1, 0.15) is 50.5 Å². The summed E-state index contributed by atoms with van der Waals surface area (Å²) in [5.74, 6) is 0.671. The van der Waals surface area contributed by atoms with Crippen molar-refractivity contribution in [3.05, 3.63) is 70.7 Å². The Morgan fingerprint density at radius 1 is 0.724 bits per heavy atom. The van der Waals surface area contributed by atoms with Crippen LogP contribution in [-0.2, 0) is 31.9 Å². The first kappa shape index (κ1) is 19.8. The number of allylic oxidation sites excluding steroid dienone is 2. The van der Waals surface area contributed by atoms with E-state index in [2.05, 4.69) is 50.9 Å². The molecule has 0 atom stereocenters. The molecule has 5 nitrogen and oxygen atoms in total. The van der Waals surface area contributed by atoms with Gasteiger partial charge in [-0.2, -0.15) is 0 Å². The molecule has 2 aromatic rings. The van der Waals surface area contributed by atoms with Gasteiger partial charge in [-0.15, -0.1) is 22.8 Å². The average Bonchev–Trinajstić information content (AvgIpc) is 3.42. The van der Waals surface area contributed by atoms with Crippen LogP contribution in [0.2, 0.25) is 0 Å². The first-order valence-electron chi connectivity index (χ1n) is 9.45. The Kier molecular flexibility index (Phi) is 4.62. The second-order valence-corrected chi connectivity index (χ2v) is 8.42. The van der Waals surface area contributed by atoms with Gasteiger partial charge < -0.3 is 9.97 Å². The van der Waals surface area contributed by atoms with Crippen molar-refractivity contribution in [2.24, 2.45) is 15.0 Å². The Balaban J connectivity index is 0.00000205. The SMILES string of the molecule is CC1(C)C2=N/C(=C\c3ccc([n-]3)C(C)(C)C3=N/C(=C\c4ccc1[n-]4)N=C3)C=C2.[Pt+2]. The average molecular weight is 563 g/mol. The fourth-order valence-corrected chi connectivity index (χ4v) is 3.64. The van der Waals surface area contributed by atoms with Crippen LogP contribution in [0.25, 0.3) is 12.2 Å². The second-order valence-electron chi connectivity index (χ2n) is 8.42. The third-order valence-electron chi connectivity index (χ3n) is 5.67. The fourth-order valence-electron chi connectivity index (χ4n) is 3.64.